The molecule has 2 rings (SSSR count). The molecule has 0 atom stereocenters. The van der Waals surface area contributed by atoms with Gasteiger partial charge in [-0.1, -0.05) is 0 Å². The fourth-order valence-electron chi connectivity index (χ4n) is 1.35. The zero-order valence-electron chi connectivity index (χ0n) is 8.95. The largest absolute Gasteiger partial charge is 0.483 e. The summed E-state index contributed by atoms with van der Waals surface area (Å²) in [6.07, 6.45) is 0.682. The lowest BCUT2D eigenvalue weighted by Crippen LogP contribution is -1.98. The molecular weight excluding hydrogens is 573 g/mol. The maximum atomic E-state index is 10.5. The van der Waals surface area contributed by atoms with E-state index >= 15 is 0 Å². The summed E-state index contributed by atoms with van der Waals surface area (Å²) in [5, 5.41) is 0. The molecule has 94 valence electrons. The van der Waals surface area contributed by atoms with Crippen LogP contribution in [0.1, 0.15) is 16.3 Å². The van der Waals surface area contributed by atoms with Gasteiger partial charge < -0.3 is 9.15 Å². The van der Waals surface area contributed by atoms with Crippen LogP contribution in [0.15, 0.2) is 28.7 Å². The van der Waals surface area contributed by atoms with E-state index < -0.39 is 0 Å². The van der Waals surface area contributed by atoms with Crippen molar-refractivity contribution in [1.82, 2.24) is 0 Å². The van der Waals surface area contributed by atoms with Crippen molar-refractivity contribution in [3.63, 3.8) is 0 Å². The van der Waals surface area contributed by atoms with Gasteiger partial charge in [0.25, 0.3) is 0 Å². The minimum atomic E-state index is 0.320. The highest BCUT2D eigenvalue weighted by Gasteiger charge is 2.09. The van der Waals surface area contributed by atoms with Gasteiger partial charge in [-0.2, -0.15) is 0 Å². The highest BCUT2D eigenvalue weighted by Crippen LogP contribution is 2.30. The molecule has 3 nitrogen and oxygen atoms in total. The fourth-order valence-corrected chi connectivity index (χ4v) is 5.24. The van der Waals surface area contributed by atoms with Gasteiger partial charge in [0.05, 0.1) is 7.14 Å². The molecule has 0 saturated heterocycles. The third kappa shape index (κ3) is 3.59. The molecule has 0 aliphatic heterocycles. The number of hydrogen-bond donors (Lipinski definition) is 0. The Labute approximate surface area is 145 Å². The molecule has 6 heteroatoms. The first-order valence-corrected chi connectivity index (χ1v) is 8.15. The van der Waals surface area contributed by atoms with Gasteiger partial charge in [-0.3, -0.25) is 4.79 Å². The number of hydrogen-bond acceptors (Lipinski definition) is 3. The summed E-state index contributed by atoms with van der Waals surface area (Å²) in [6, 6.07) is 7.49. The third-order valence-electron chi connectivity index (χ3n) is 2.12. The molecule has 1 aromatic heterocycles. The molecule has 1 aromatic carbocycles. The summed E-state index contributed by atoms with van der Waals surface area (Å²) < 4.78 is 14.3. The molecule has 2 aromatic rings. The number of rotatable bonds is 4. The molecular formula is C12H7I3O3. The van der Waals surface area contributed by atoms with Gasteiger partial charge >= 0.3 is 0 Å². The highest BCUT2D eigenvalue weighted by atomic mass is 127. The van der Waals surface area contributed by atoms with Crippen LogP contribution in [0.5, 0.6) is 5.75 Å². The Hall–Kier alpha value is 0.160. The lowest BCUT2D eigenvalue weighted by molar-refractivity contribution is 0.109. The number of ether oxygens (including phenoxy) is 1. The molecule has 0 aliphatic rings. The smallest absolute Gasteiger partial charge is 0.185 e. The minimum absolute atomic E-state index is 0.320. The zero-order valence-corrected chi connectivity index (χ0v) is 15.4. The van der Waals surface area contributed by atoms with Crippen LogP contribution in [0.4, 0.5) is 0 Å². The molecule has 0 aliphatic carbocycles. The molecule has 0 bridgehead atoms. The van der Waals surface area contributed by atoms with E-state index in [-0.39, 0.29) is 0 Å². The van der Waals surface area contributed by atoms with Crippen LogP contribution >= 0.6 is 67.8 Å². The van der Waals surface area contributed by atoms with Gasteiger partial charge in [0.15, 0.2) is 12.0 Å². The molecule has 0 amide bonds. The van der Waals surface area contributed by atoms with E-state index in [1.54, 1.807) is 12.1 Å². The average molecular weight is 580 g/mol. The molecule has 1 heterocycles. The zero-order chi connectivity index (χ0) is 13.1. The Morgan fingerprint density at radius 1 is 1.17 bits per heavy atom. The predicted octanol–water partition coefficient (Wildman–Crippen LogP) is 4.48. The van der Waals surface area contributed by atoms with E-state index in [1.165, 1.54) is 3.57 Å². The van der Waals surface area contributed by atoms with Crippen molar-refractivity contribution in [1.29, 1.82) is 0 Å². The molecule has 0 unspecified atom stereocenters. The number of furan rings is 1. The van der Waals surface area contributed by atoms with Gasteiger partial charge in [0, 0.05) is 3.57 Å². The standard InChI is InChI=1S/C12H7I3O3/c13-7-3-10(14)12(11(15)4-7)17-6-9-2-1-8(5-16)18-9/h1-5H,6H2. The second kappa shape index (κ2) is 6.55. The maximum absolute atomic E-state index is 10.5. The van der Waals surface area contributed by atoms with Crippen LogP contribution in [0.3, 0.4) is 0 Å². The second-order valence-electron chi connectivity index (χ2n) is 3.41. The molecule has 0 saturated carbocycles. The van der Waals surface area contributed by atoms with Crippen molar-refractivity contribution >= 4 is 74.1 Å². The van der Waals surface area contributed by atoms with Crippen LogP contribution in [0.25, 0.3) is 0 Å². The van der Waals surface area contributed by atoms with E-state index in [2.05, 4.69) is 79.9 Å². The van der Waals surface area contributed by atoms with Gasteiger partial charge in [-0.15, -0.1) is 0 Å². The average Bonchev–Trinajstić information content (AvgIpc) is 2.75. The van der Waals surface area contributed by atoms with Crippen LogP contribution < -0.4 is 4.74 Å². The van der Waals surface area contributed by atoms with Crippen molar-refractivity contribution in [2.75, 3.05) is 0 Å². The third-order valence-corrected chi connectivity index (χ3v) is 4.35. The summed E-state index contributed by atoms with van der Waals surface area (Å²) in [5.74, 6) is 1.81. The molecule has 0 spiro atoms. The first-order chi connectivity index (χ1) is 8.60. The number of aldehydes is 1. The first kappa shape index (κ1) is 14.6. The molecule has 0 N–H and O–H groups in total. The molecule has 0 radical (unpaired) electrons. The Kier molecular flexibility index (Phi) is 5.30. The predicted molar refractivity (Wildman–Crippen MR) is 93.0 cm³/mol. The van der Waals surface area contributed by atoms with Crippen molar-refractivity contribution in [2.45, 2.75) is 6.61 Å². The van der Waals surface area contributed by atoms with E-state index in [4.69, 9.17) is 9.15 Å². The van der Waals surface area contributed by atoms with Crippen molar-refractivity contribution in [3.8, 4) is 5.75 Å². The van der Waals surface area contributed by atoms with Gasteiger partial charge in [0.1, 0.15) is 18.1 Å². The summed E-state index contributed by atoms with van der Waals surface area (Å²) in [5.41, 5.74) is 0. The molecule has 18 heavy (non-hydrogen) atoms. The second-order valence-corrected chi connectivity index (χ2v) is 6.98. The quantitative estimate of drug-likeness (QED) is 0.396. The normalized spacial score (nSPS) is 10.4. The number of halogens is 3. The van der Waals surface area contributed by atoms with Gasteiger partial charge in [-0.05, 0) is 92.0 Å². The maximum Gasteiger partial charge on any atom is 0.185 e. The van der Waals surface area contributed by atoms with E-state index in [0.717, 1.165) is 12.9 Å². The van der Waals surface area contributed by atoms with E-state index in [1.807, 2.05) is 0 Å². The lowest BCUT2D eigenvalue weighted by Gasteiger charge is -2.09. The monoisotopic (exact) mass is 580 g/mol. The first-order valence-electron chi connectivity index (χ1n) is 4.91. The van der Waals surface area contributed by atoms with E-state index in [9.17, 15) is 4.79 Å². The summed E-state index contributed by atoms with van der Waals surface area (Å²) in [6.45, 7) is 0.320. The van der Waals surface area contributed by atoms with Crippen LogP contribution in [-0.2, 0) is 6.61 Å². The summed E-state index contributed by atoms with van der Waals surface area (Å²) >= 11 is 6.76. The number of carbonyl (C=O) groups is 1. The van der Waals surface area contributed by atoms with Crippen LogP contribution in [0, 0.1) is 10.7 Å². The van der Waals surface area contributed by atoms with Crippen LogP contribution in [-0.4, -0.2) is 6.29 Å². The topological polar surface area (TPSA) is 39.4 Å². The SMILES string of the molecule is O=Cc1ccc(COc2c(I)cc(I)cc2I)o1. The van der Waals surface area contributed by atoms with Gasteiger partial charge in [-0.25, -0.2) is 0 Å². The number of carbonyl (C=O) groups excluding carboxylic acids is 1. The highest BCUT2D eigenvalue weighted by molar-refractivity contribution is 14.1. The number of benzene rings is 1. The molecule has 0 fully saturated rings. The fraction of sp³-hybridized carbons (Fsp3) is 0.0833. The van der Waals surface area contributed by atoms with Gasteiger partial charge in [0.2, 0.25) is 0 Å². The minimum Gasteiger partial charge on any atom is -0.483 e. The Balaban J connectivity index is 2.12. The van der Waals surface area contributed by atoms with E-state index in [0.29, 0.717) is 24.4 Å². The lowest BCUT2D eigenvalue weighted by atomic mass is 10.3. The van der Waals surface area contributed by atoms with Crippen LogP contribution in [0.2, 0.25) is 0 Å². The summed E-state index contributed by atoms with van der Waals surface area (Å²) in [7, 11) is 0. The van der Waals surface area contributed by atoms with Crippen molar-refractivity contribution in [2.24, 2.45) is 0 Å². The van der Waals surface area contributed by atoms with Crippen molar-refractivity contribution in [3.05, 3.63) is 46.5 Å². The Morgan fingerprint density at radius 3 is 2.39 bits per heavy atom. The Morgan fingerprint density at radius 2 is 1.83 bits per heavy atom. The van der Waals surface area contributed by atoms with Crippen molar-refractivity contribution < 1.29 is 13.9 Å². The summed E-state index contributed by atoms with van der Waals surface area (Å²) in [4.78, 5) is 10.5. The Bertz CT molecular complexity index is 555.